The standard InChI is InChI=1S/C6H11NO3S/c8-4-11-7-3-1-2-5(7)6(9)10/h5,8H,1-4H2,(H,9,10). The summed E-state index contributed by atoms with van der Waals surface area (Å²) in [5, 5.41) is 17.2. The topological polar surface area (TPSA) is 60.8 Å². The fourth-order valence-electron chi connectivity index (χ4n) is 1.22. The van der Waals surface area contributed by atoms with Crippen LogP contribution in [0.3, 0.4) is 0 Å². The molecule has 1 saturated heterocycles. The lowest BCUT2D eigenvalue weighted by atomic mass is 10.2. The van der Waals surface area contributed by atoms with E-state index in [4.69, 9.17) is 10.2 Å². The minimum absolute atomic E-state index is 0.0379. The van der Waals surface area contributed by atoms with Crippen molar-refractivity contribution in [3.8, 4) is 0 Å². The van der Waals surface area contributed by atoms with Gasteiger partial charge in [0.05, 0.1) is 0 Å². The molecular weight excluding hydrogens is 166 g/mol. The Balaban J connectivity index is 2.44. The van der Waals surface area contributed by atoms with E-state index in [0.29, 0.717) is 6.42 Å². The van der Waals surface area contributed by atoms with Gasteiger partial charge in [0.1, 0.15) is 12.0 Å². The van der Waals surface area contributed by atoms with Crippen LogP contribution in [0.1, 0.15) is 12.8 Å². The van der Waals surface area contributed by atoms with Gasteiger partial charge >= 0.3 is 5.97 Å². The first-order valence-corrected chi connectivity index (χ1v) is 4.43. The molecule has 1 unspecified atom stereocenters. The van der Waals surface area contributed by atoms with Gasteiger partial charge in [-0.25, -0.2) is 4.31 Å². The van der Waals surface area contributed by atoms with Crippen molar-refractivity contribution in [2.45, 2.75) is 18.9 Å². The summed E-state index contributed by atoms with van der Waals surface area (Å²) < 4.78 is 1.72. The average Bonchev–Trinajstić information content (AvgIpc) is 2.36. The van der Waals surface area contributed by atoms with Crippen LogP contribution in [0.15, 0.2) is 0 Å². The molecule has 64 valence electrons. The predicted molar refractivity (Wildman–Crippen MR) is 42.0 cm³/mol. The zero-order chi connectivity index (χ0) is 8.27. The van der Waals surface area contributed by atoms with E-state index in [1.807, 2.05) is 0 Å². The molecule has 0 saturated carbocycles. The highest BCUT2D eigenvalue weighted by atomic mass is 32.2. The Labute approximate surface area is 69.3 Å². The number of hydrogen-bond acceptors (Lipinski definition) is 4. The number of hydrogen-bond donors (Lipinski definition) is 2. The number of carbonyl (C=O) groups is 1. The van der Waals surface area contributed by atoms with Crippen LogP contribution in [-0.2, 0) is 4.79 Å². The minimum atomic E-state index is -0.788. The summed E-state index contributed by atoms with van der Waals surface area (Å²) in [7, 11) is 0. The van der Waals surface area contributed by atoms with Gasteiger partial charge in [0.2, 0.25) is 0 Å². The van der Waals surface area contributed by atoms with Crippen LogP contribution >= 0.6 is 11.9 Å². The second kappa shape index (κ2) is 3.94. The molecule has 1 aliphatic rings. The smallest absolute Gasteiger partial charge is 0.321 e. The Morgan fingerprint density at radius 2 is 2.45 bits per heavy atom. The highest BCUT2D eigenvalue weighted by Crippen LogP contribution is 2.24. The van der Waals surface area contributed by atoms with Gasteiger partial charge in [-0.15, -0.1) is 0 Å². The van der Waals surface area contributed by atoms with Crippen LogP contribution in [0, 0.1) is 0 Å². The highest BCUT2D eigenvalue weighted by molar-refractivity contribution is 7.96. The molecular formula is C6H11NO3S. The van der Waals surface area contributed by atoms with E-state index in [2.05, 4.69) is 0 Å². The monoisotopic (exact) mass is 177 g/mol. The summed E-state index contributed by atoms with van der Waals surface area (Å²) in [6, 6.07) is -0.396. The van der Waals surface area contributed by atoms with Gasteiger partial charge in [-0.05, 0) is 24.8 Å². The van der Waals surface area contributed by atoms with E-state index >= 15 is 0 Å². The predicted octanol–water partition coefficient (Wildman–Crippen LogP) is 0.133. The third kappa shape index (κ3) is 2.08. The molecule has 1 atom stereocenters. The molecule has 0 radical (unpaired) electrons. The third-order valence-electron chi connectivity index (χ3n) is 1.71. The van der Waals surface area contributed by atoms with E-state index in [1.165, 1.54) is 11.9 Å². The molecule has 2 N–H and O–H groups in total. The Morgan fingerprint density at radius 3 is 3.00 bits per heavy atom. The van der Waals surface area contributed by atoms with Gasteiger partial charge in [-0.2, -0.15) is 0 Å². The van der Waals surface area contributed by atoms with Crippen LogP contribution < -0.4 is 0 Å². The van der Waals surface area contributed by atoms with Crippen molar-refractivity contribution in [2.24, 2.45) is 0 Å². The molecule has 5 heteroatoms. The zero-order valence-corrected chi connectivity index (χ0v) is 6.88. The first-order valence-electron chi connectivity index (χ1n) is 3.49. The van der Waals surface area contributed by atoms with E-state index in [9.17, 15) is 4.79 Å². The lowest BCUT2D eigenvalue weighted by Gasteiger charge is -2.17. The second-order valence-corrected chi connectivity index (χ2v) is 3.38. The summed E-state index contributed by atoms with van der Waals surface area (Å²) in [5.41, 5.74) is 0. The normalized spacial score (nSPS) is 25.7. The number of aliphatic hydroxyl groups is 1. The molecule has 0 aromatic carbocycles. The van der Waals surface area contributed by atoms with E-state index in [0.717, 1.165) is 13.0 Å². The quantitative estimate of drug-likeness (QED) is 0.474. The molecule has 0 aromatic heterocycles. The number of carboxylic acid groups (broad SMARTS) is 1. The summed E-state index contributed by atoms with van der Waals surface area (Å²) in [6.45, 7) is 0.766. The van der Waals surface area contributed by atoms with Crippen molar-refractivity contribution < 1.29 is 15.0 Å². The lowest BCUT2D eigenvalue weighted by molar-refractivity contribution is -0.140. The largest absolute Gasteiger partial charge is 0.480 e. The average molecular weight is 177 g/mol. The SMILES string of the molecule is O=C(O)C1CCCN1SCO. The van der Waals surface area contributed by atoms with E-state index in [-0.39, 0.29) is 5.94 Å². The summed E-state index contributed by atoms with van der Waals surface area (Å²) in [5.74, 6) is -0.826. The van der Waals surface area contributed by atoms with Crippen LogP contribution in [0.4, 0.5) is 0 Å². The van der Waals surface area contributed by atoms with Gasteiger partial charge in [0.15, 0.2) is 0 Å². The van der Waals surface area contributed by atoms with Crippen molar-refractivity contribution in [2.75, 3.05) is 12.5 Å². The molecule has 0 bridgehead atoms. The van der Waals surface area contributed by atoms with Gasteiger partial charge < -0.3 is 10.2 Å². The van der Waals surface area contributed by atoms with Crippen LogP contribution in [0.5, 0.6) is 0 Å². The van der Waals surface area contributed by atoms with E-state index in [1.54, 1.807) is 4.31 Å². The number of aliphatic carboxylic acids is 1. The summed E-state index contributed by atoms with van der Waals surface area (Å²) in [6.07, 6.45) is 1.60. The van der Waals surface area contributed by atoms with Crippen molar-refractivity contribution in [1.82, 2.24) is 4.31 Å². The zero-order valence-electron chi connectivity index (χ0n) is 6.06. The maximum atomic E-state index is 10.6. The maximum Gasteiger partial charge on any atom is 0.321 e. The van der Waals surface area contributed by atoms with Crippen molar-refractivity contribution in [3.63, 3.8) is 0 Å². The van der Waals surface area contributed by atoms with Gasteiger partial charge in [-0.3, -0.25) is 4.79 Å². The van der Waals surface area contributed by atoms with Crippen LogP contribution in [0.2, 0.25) is 0 Å². The van der Waals surface area contributed by atoms with Gasteiger partial charge in [0.25, 0.3) is 0 Å². The van der Waals surface area contributed by atoms with Crippen LogP contribution in [0.25, 0.3) is 0 Å². The fraction of sp³-hybridized carbons (Fsp3) is 0.833. The number of rotatable bonds is 3. The number of nitrogens with zero attached hydrogens (tertiary/aromatic N) is 1. The molecule has 0 aromatic rings. The summed E-state index contributed by atoms with van der Waals surface area (Å²) in [4.78, 5) is 10.6. The van der Waals surface area contributed by atoms with Crippen molar-refractivity contribution >= 4 is 17.9 Å². The lowest BCUT2D eigenvalue weighted by Crippen LogP contribution is -2.31. The second-order valence-electron chi connectivity index (χ2n) is 2.40. The summed E-state index contributed by atoms with van der Waals surface area (Å²) >= 11 is 1.18. The molecule has 0 spiro atoms. The first kappa shape index (κ1) is 8.83. The fourth-order valence-corrected chi connectivity index (χ4v) is 2.00. The van der Waals surface area contributed by atoms with Crippen LogP contribution in [-0.4, -0.2) is 39.0 Å². The number of aliphatic hydroxyl groups excluding tert-OH is 1. The molecule has 1 rings (SSSR count). The molecule has 1 heterocycles. The van der Waals surface area contributed by atoms with Gasteiger partial charge in [0, 0.05) is 6.54 Å². The molecule has 0 amide bonds. The molecule has 0 aliphatic carbocycles. The highest BCUT2D eigenvalue weighted by Gasteiger charge is 2.30. The number of carboxylic acids is 1. The molecule has 11 heavy (non-hydrogen) atoms. The molecule has 4 nitrogen and oxygen atoms in total. The molecule has 1 aliphatic heterocycles. The Hall–Kier alpha value is -0.260. The third-order valence-corrected chi connectivity index (χ3v) is 2.60. The van der Waals surface area contributed by atoms with Gasteiger partial charge in [-0.1, -0.05) is 0 Å². The van der Waals surface area contributed by atoms with E-state index < -0.39 is 12.0 Å². The Kier molecular flexibility index (Phi) is 3.16. The maximum absolute atomic E-state index is 10.6. The van der Waals surface area contributed by atoms with Crippen molar-refractivity contribution in [3.05, 3.63) is 0 Å². The minimum Gasteiger partial charge on any atom is -0.480 e. The van der Waals surface area contributed by atoms with Crippen molar-refractivity contribution in [1.29, 1.82) is 0 Å². The first-order chi connectivity index (χ1) is 5.25. The molecule has 1 fully saturated rings. The Bertz CT molecular complexity index is 153. The Morgan fingerprint density at radius 1 is 1.73 bits per heavy atom.